The number of halogens is 1. The zero-order chi connectivity index (χ0) is 20.9. The largest absolute Gasteiger partial charge is 0.328 e. The van der Waals surface area contributed by atoms with Gasteiger partial charge < -0.3 is 0 Å². The molecule has 0 aliphatic carbocycles. The Morgan fingerprint density at radius 3 is 2.52 bits per heavy atom. The third-order valence-corrected chi connectivity index (χ3v) is 7.63. The molecule has 7 nitrogen and oxygen atoms in total. The van der Waals surface area contributed by atoms with E-state index in [1.165, 1.54) is 15.2 Å². The third kappa shape index (κ3) is 3.29. The highest BCUT2D eigenvalue weighted by Crippen LogP contribution is 2.30. The fourth-order valence-electron chi connectivity index (χ4n) is 3.59. The van der Waals surface area contributed by atoms with Gasteiger partial charge in [-0.3, -0.25) is 14.1 Å². The van der Waals surface area contributed by atoms with Crippen molar-refractivity contribution in [2.24, 2.45) is 14.1 Å². The van der Waals surface area contributed by atoms with Gasteiger partial charge in [-0.05, 0) is 52.0 Å². The Kier molecular flexibility index (Phi) is 4.84. The number of rotatable bonds is 4. The van der Waals surface area contributed by atoms with Crippen molar-refractivity contribution in [3.05, 3.63) is 69.3 Å². The minimum absolute atomic E-state index is 0.0833. The molecule has 4 aromatic rings. The number of benzene rings is 2. The number of nitrogens with zero attached hydrogens (tertiary/aromatic N) is 3. The molecule has 4 rings (SSSR count). The monoisotopic (exact) mass is 474 g/mol. The van der Waals surface area contributed by atoms with E-state index in [1.54, 1.807) is 39.5 Å². The van der Waals surface area contributed by atoms with Gasteiger partial charge in [0.15, 0.2) is 0 Å². The first-order valence-electron chi connectivity index (χ1n) is 8.90. The molecule has 29 heavy (non-hydrogen) atoms. The molecule has 0 aliphatic rings. The highest BCUT2D eigenvalue weighted by molar-refractivity contribution is 9.10. The predicted octanol–water partition coefficient (Wildman–Crippen LogP) is 3.23. The van der Waals surface area contributed by atoms with Crippen molar-refractivity contribution in [3.8, 4) is 0 Å². The standard InChI is InChI=1S/C20H19BrN4O3S/c1-12(14-6-4-5-13-11-22-8-7-15(13)14)23-29(27,28)19-10-18-17(9-16(19)21)24(2)20(26)25(18)3/h4-12,23H,1-3H3/t12-/m0/s1. The number of hydrogen-bond acceptors (Lipinski definition) is 4. The van der Waals surface area contributed by atoms with E-state index in [4.69, 9.17) is 0 Å². The summed E-state index contributed by atoms with van der Waals surface area (Å²) in [4.78, 5) is 16.4. The third-order valence-electron chi connectivity index (χ3n) is 5.13. The van der Waals surface area contributed by atoms with Gasteiger partial charge in [0.05, 0.1) is 15.9 Å². The van der Waals surface area contributed by atoms with Crippen LogP contribution < -0.4 is 10.4 Å². The lowest BCUT2D eigenvalue weighted by atomic mass is 10.0. The van der Waals surface area contributed by atoms with Crippen LogP contribution in [0.1, 0.15) is 18.5 Å². The van der Waals surface area contributed by atoms with E-state index >= 15 is 0 Å². The summed E-state index contributed by atoms with van der Waals surface area (Å²) in [5, 5.41) is 1.88. The van der Waals surface area contributed by atoms with Crippen LogP contribution in [0.3, 0.4) is 0 Å². The van der Waals surface area contributed by atoms with Crippen molar-refractivity contribution >= 4 is 47.8 Å². The SMILES string of the molecule is C[C@H](NS(=O)(=O)c1cc2c(cc1Br)n(C)c(=O)n2C)c1cccc2cnccc12. The molecule has 9 heteroatoms. The highest BCUT2D eigenvalue weighted by Gasteiger charge is 2.24. The number of pyridine rings is 1. The van der Waals surface area contributed by atoms with E-state index in [0.29, 0.717) is 15.5 Å². The lowest BCUT2D eigenvalue weighted by Gasteiger charge is -2.17. The van der Waals surface area contributed by atoms with Gasteiger partial charge in [-0.25, -0.2) is 17.9 Å². The smallest absolute Gasteiger partial charge is 0.295 e. The minimum Gasteiger partial charge on any atom is -0.295 e. The maximum absolute atomic E-state index is 13.2. The lowest BCUT2D eigenvalue weighted by molar-refractivity contribution is 0.567. The van der Waals surface area contributed by atoms with Crippen molar-refractivity contribution in [2.45, 2.75) is 17.9 Å². The van der Waals surface area contributed by atoms with Crippen LogP contribution in [0.4, 0.5) is 0 Å². The topological polar surface area (TPSA) is 86.0 Å². The molecule has 0 fully saturated rings. The summed E-state index contributed by atoms with van der Waals surface area (Å²) < 4.78 is 32.4. The van der Waals surface area contributed by atoms with E-state index in [2.05, 4.69) is 25.6 Å². The second-order valence-electron chi connectivity index (χ2n) is 6.96. The van der Waals surface area contributed by atoms with Crippen molar-refractivity contribution in [1.82, 2.24) is 18.8 Å². The van der Waals surface area contributed by atoms with Gasteiger partial charge in [0.1, 0.15) is 0 Å². The van der Waals surface area contributed by atoms with Crippen LogP contribution in [0.2, 0.25) is 0 Å². The number of aromatic nitrogens is 3. The summed E-state index contributed by atoms with van der Waals surface area (Å²) in [7, 11) is -0.582. The van der Waals surface area contributed by atoms with E-state index in [9.17, 15) is 13.2 Å². The van der Waals surface area contributed by atoms with E-state index in [0.717, 1.165) is 16.3 Å². The molecule has 150 valence electrons. The summed E-state index contributed by atoms with van der Waals surface area (Å²) in [5.41, 5.74) is 1.84. The maximum Gasteiger partial charge on any atom is 0.328 e. The number of nitrogens with one attached hydrogen (secondary N) is 1. The van der Waals surface area contributed by atoms with Crippen LogP contribution in [0.5, 0.6) is 0 Å². The fourth-order valence-corrected chi connectivity index (χ4v) is 5.86. The van der Waals surface area contributed by atoms with Gasteiger partial charge in [-0.2, -0.15) is 0 Å². The summed E-state index contributed by atoms with van der Waals surface area (Å²) in [5.74, 6) is 0. The molecule has 2 aromatic heterocycles. The molecule has 0 saturated carbocycles. The summed E-state index contributed by atoms with van der Waals surface area (Å²) in [6.45, 7) is 1.80. The highest BCUT2D eigenvalue weighted by atomic mass is 79.9. The molecule has 2 heterocycles. The first kappa shape index (κ1) is 19.8. The Labute approximate surface area is 176 Å². The van der Waals surface area contributed by atoms with Crippen molar-refractivity contribution < 1.29 is 8.42 Å². The molecule has 1 atom stereocenters. The van der Waals surface area contributed by atoms with Crippen LogP contribution in [0, 0.1) is 0 Å². The van der Waals surface area contributed by atoms with Crippen molar-refractivity contribution in [3.63, 3.8) is 0 Å². The van der Waals surface area contributed by atoms with Gasteiger partial charge in [0.25, 0.3) is 0 Å². The molecular weight excluding hydrogens is 456 g/mol. The number of aryl methyl sites for hydroxylation is 2. The molecule has 0 spiro atoms. The first-order valence-corrected chi connectivity index (χ1v) is 11.2. The number of fused-ring (bicyclic) bond motifs is 2. The molecule has 0 bridgehead atoms. The van der Waals surface area contributed by atoms with Crippen LogP contribution in [0.15, 0.2) is 63.0 Å². The van der Waals surface area contributed by atoms with Gasteiger partial charge in [-0.1, -0.05) is 18.2 Å². The van der Waals surface area contributed by atoms with Crippen LogP contribution in [0.25, 0.3) is 21.8 Å². The van der Waals surface area contributed by atoms with Gasteiger partial charge in [0, 0.05) is 42.4 Å². The van der Waals surface area contributed by atoms with Crippen molar-refractivity contribution in [2.75, 3.05) is 0 Å². The van der Waals surface area contributed by atoms with Crippen LogP contribution >= 0.6 is 15.9 Å². The fraction of sp³-hybridized carbons (Fsp3) is 0.200. The zero-order valence-electron chi connectivity index (χ0n) is 16.0. The Hall–Kier alpha value is -2.49. The summed E-state index contributed by atoms with van der Waals surface area (Å²) >= 11 is 3.36. The molecule has 1 N–H and O–H groups in total. The number of hydrogen-bond donors (Lipinski definition) is 1. The second kappa shape index (κ2) is 7.08. The summed E-state index contributed by atoms with van der Waals surface area (Å²) in [6.07, 6.45) is 3.44. The van der Waals surface area contributed by atoms with Gasteiger partial charge >= 0.3 is 5.69 Å². The zero-order valence-corrected chi connectivity index (χ0v) is 18.5. The Balaban J connectivity index is 1.78. The molecule has 0 amide bonds. The maximum atomic E-state index is 13.2. The average molecular weight is 475 g/mol. The second-order valence-corrected chi connectivity index (χ2v) is 9.50. The number of imidazole rings is 1. The quantitative estimate of drug-likeness (QED) is 0.491. The predicted molar refractivity (Wildman–Crippen MR) is 116 cm³/mol. The Morgan fingerprint density at radius 2 is 1.79 bits per heavy atom. The van der Waals surface area contributed by atoms with E-state index in [1.807, 2.05) is 24.3 Å². The van der Waals surface area contributed by atoms with E-state index < -0.39 is 16.1 Å². The van der Waals surface area contributed by atoms with Crippen LogP contribution in [-0.2, 0) is 24.1 Å². The van der Waals surface area contributed by atoms with Gasteiger partial charge in [0.2, 0.25) is 10.0 Å². The molecule has 2 aromatic carbocycles. The molecule has 0 saturated heterocycles. The van der Waals surface area contributed by atoms with Crippen LogP contribution in [-0.4, -0.2) is 22.5 Å². The van der Waals surface area contributed by atoms with Gasteiger partial charge in [-0.15, -0.1) is 0 Å². The Bertz CT molecular complexity index is 1420. The molecule has 0 unspecified atom stereocenters. The molecule has 0 aliphatic heterocycles. The minimum atomic E-state index is -3.86. The molecular formula is C20H19BrN4O3S. The van der Waals surface area contributed by atoms with E-state index in [-0.39, 0.29) is 10.6 Å². The normalized spacial score (nSPS) is 13.2. The Morgan fingerprint density at radius 1 is 1.10 bits per heavy atom. The number of sulfonamides is 1. The average Bonchev–Trinajstić information content (AvgIpc) is 2.90. The van der Waals surface area contributed by atoms with Crippen molar-refractivity contribution in [1.29, 1.82) is 0 Å². The first-order chi connectivity index (χ1) is 13.7. The lowest BCUT2D eigenvalue weighted by Crippen LogP contribution is -2.27. The summed E-state index contributed by atoms with van der Waals surface area (Å²) in [6, 6.07) is 10.3. The molecule has 0 radical (unpaired) electrons.